The van der Waals surface area contributed by atoms with Gasteiger partial charge in [-0.05, 0) is 18.6 Å². The molecule has 0 aromatic heterocycles. The zero-order chi connectivity index (χ0) is 13.3. The standard InChI is InChI=1S/C12H12ClNO4/c1-6(17-12(14)16)9-5-7-3-2-4-8(13)10(7)11(15)18-9/h2-4,6,9H,5H2,1H3,(H2,14,16). The Morgan fingerprint density at radius 1 is 1.61 bits per heavy atom. The van der Waals surface area contributed by atoms with Crippen LogP contribution in [0.15, 0.2) is 18.2 Å². The van der Waals surface area contributed by atoms with E-state index in [1.807, 2.05) is 0 Å². The molecular formula is C12H12ClNO4. The number of halogens is 1. The van der Waals surface area contributed by atoms with Crippen LogP contribution in [0.1, 0.15) is 22.8 Å². The Morgan fingerprint density at radius 2 is 2.33 bits per heavy atom. The Bertz CT molecular complexity index is 503. The van der Waals surface area contributed by atoms with Gasteiger partial charge in [0.15, 0.2) is 0 Å². The summed E-state index contributed by atoms with van der Waals surface area (Å²) in [7, 11) is 0. The third-order valence-corrected chi connectivity index (χ3v) is 3.12. The molecule has 2 atom stereocenters. The molecule has 0 fully saturated rings. The Balaban J connectivity index is 2.23. The second-order valence-electron chi connectivity index (χ2n) is 4.06. The van der Waals surface area contributed by atoms with E-state index >= 15 is 0 Å². The zero-order valence-corrected chi connectivity index (χ0v) is 10.4. The Kier molecular flexibility index (Phi) is 3.43. The van der Waals surface area contributed by atoms with Gasteiger partial charge in [0.2, 0.25) is 0 Å². The van der Waals surface area contributed by atoms with E-state index in [2.05, 4.69) is 0 Å². The summed E-state index contributed by atoms with van der Waals surface area (Å²) >= 11 is 5.94. The molecule has 1 amide bonds. The van der Waals surface area contributed by atoms with Crippen LogP contribution < -0.4 is 5.73 Å². The van der Waals surface area contributed by atoms with E-state index in [-0.39, 0.29) is 0 Å². The normalized spacial score (nSPS) is 19.7. The fourth-order valence-corrected chi connectivity index (χ4v) is 2.21. The highest BCUT2D eigenvalue weighted by molar-refractivity contribution is 6.33. The van der Waals surface area contributed by atoms with Crippen molar-refractivity contribution >= 4 is 23.7 Å². The van der Waals surface area contributed by atoms with Gasteiger partial charge in [-0.25, -0.2) is 9.59 Å². The van der Waals surface area contributed by atoms with Crippen LogP contribution in [0.2, 0.25) is 5.02 Å². The van der Waals surface area contributed by atoms with Crippen molar-refractivity contribution in [1.82, 2.24) is 0 Å². The lowest BCUT2D eigenvalue weighted by atomic mass is 9.96. The summed E-state index contributed by atoms with van der Waals surface area (Å²) in [5.74, 6) is -0.508. The Morgan fingerprint density at radius 3 is 3.00 bits per heavy atom. The molecule has 1 aromatic carbocycles. The number of carbonyl (C=O) groups is 2. The fraction of sp³-hybridized carbons (Fsp3) is 0.333. The van der Waals surface area contributed by atoms with Crippen LogP contribution in [-0.2, 0) is 15.9 Å². The van der Waals surface area contributed by atoms with Crippen molar-refractivity contribution in [2.45, 2.75) is 25.6 Å². The largest absolute Gasteiger partial charge is 0.454 e. The van der Waals surface area contributed by atoms with Crippen molar-refractivity contribution in [2.24, 2.45) is 5.73 Å². The number of ether oxygens (including phenoxy) is 2. The van der Waals surface area contributed by atoms with E-state index in [0.29, 0.717) is 17.0 Å². The molecule has 0 radical (unpaired) electrons. The van der Waals surface area contributed by atoms with Gasteiger partial charge in [0.05, 0.1) is 10.6 Å². The Hall–Kier alpha value is -1.75. The summed E-state index contributed by atoms with van der Waals surface area (Å²) in [6, 6.07) is 5.19. The number of esters is 1. The maximum Gasteiger partial charge on any atom is 0.404 e. The highest BCUT2D eigenvalue weighted by atomic mass is 35.5. The summed E-state index contributed by atoms with van der Waals surface area (Å²) in [6.45, 7) is 1.62. The van der Waals surface area contributed by atoms with Gasteiger partial charge in [0.25, 0.3) is 0 Å². The molecule has 2 N–H and O–H groups in total. The molecule has 5 nitrogen and oxygen atoms in total. The van der Waals surface area contributed by atoms with E-state index in [0.717, 1.165) is 5.56 Å². The first-order valence-electron chi connectivity index (χ1n) is 5.43. The van der Waals surface area contributed by atoms with Gasteiger partial charge in [0, 0.05) is 6.42 Å². The van der Waals surface area contributed by atoms with Crippen molar-refractivity contribution in [3.8, 4) is 0 Å². The number of carbonyl (C=O) groups excluding carboxylic acids is 2. The van der Waals surface area contributed by atoms with E-state index in [9.17, 15) is 9.59 Å². The molecule has 0 saturated heterocycles. The topological polar surface area (TPSA) is 78.6 Å². The molecule has 1 heterocycles. The van der Waals surface area contributed by atoms with Gasteiger partial charge < -0.3 is 15.2 Å². The third-order valence-electron chi connectivity index (χ3n) is 2.81. The molecule has 1 aliphatic rings. The first-order chi connectivity index (χ1) is 8.49. The number of nitrogens with two attached hydrogens (primary N) is 1. The molecule has 96 valence electrons. The lowest BCUT2D eigenvalue weighted by Crippen LogP contribution is -2.39. The van der Waals surface area contributed by atoms with E-state index in [1.54, 1.807) is 25.1 Å². The molecule has 1 aromatic rings. The first kappa shape index (κ1) is 12.7. The van der Waals surface area contributed by atoms with Crippen molar-refractivity contribution in [2.75, 3.05) is 0 Å². The number of amides is 1. The number of cyclic esters (lactones) is 1. The minimum Gasteiger partial charge on any atom is -0.454 e. The molecule has 6 heteroatoms. The highest BCUT2D eigenvalue weighted by Gasteiger charge is 2.32. The van der Waals surface area contributed by atoms with Gasteiger partial charge in [0.1, 0.15) is 12.2 Å². The van der Waals surface area contributed by atoms with Crippen LogP contribution in [0.5, 0.6) is 0 Å². The smallest absolute Gasteiger partial charge is 0.404 e. The summed E-state index contributed by atoms with van der Waals surface area (Å²) in [4.78, 5) is 22.5. The van der Waals surface area contributed by atoms with Crippen LogP contribution >= 0.6 is 11.6 Å². The van der Waals surface area contributed by atoms with Gasteiger partial charge in [-0.1, -0.05) is 23.7 Å². The Labute approximate surface area is 109 Å². The summed E-state index contributed by atoms with van der Waals surface area (Å²) in [5.41, 5.74) is 6.09. The molecular weight excluding hydrogens is 258 g/mol. The molecule has 0 bridgehead atoms. The predicted molar refractivity (Wildman–Crippen MR) is 64.5 cm³/mol. The van der Waals surface area contributed by atoms with Crippen molar-refractivity contribution < 1.29 is 19.1 Å². The first-order valence-corrected chi connectivity index (χ1v) is 5.81. The number of rotatable bonds is 2. The number of benzene rings is 1. The SMILES string of the molecule is CC(OC(N)=O)C1Cc2cccc(Cl)c2C(=O)O1. The predicted octanol–water partition coefficient (Wildman–Crippen LogP) is 1.91. The average Bonchev–Trinajstić information content (AvgIpc) is 2.27. The van der Waals surface area contributed by atoms with Crippen molar-refractivity contribution in [3.05, 3.63) is 34.3 Å². The fourth-order valence-electron chi connectivity index (χ4n) is 1.94. The maximum absolute atomic E-state index is 11.8. The van der Waals surface area contributed by atoms with Crippen molar-refractivity contribution in [1.29, 1.82) is 0 Å². The second kappa shape index (κ2) is 4.86. The third kappa shape index (κ3) is 2.41. The van der Waals surface area contributed by atoms with E-state index in [1.165, 1.54) is 0 Å². The molecule has 18 heavy (non-hydrogen) atoms. The molecule has 0 spiro atoms. The monoisotopic (exact) mass is 269 g/mol. The van der Waals surface area contributed by atoms with Gasteiger partial charge in [-0.2, -0.15) is 0 Å². The van der Waals surface area contributed by atoms with Crippen molar-refractivity contribution in [3.63, 3.8) is 0 Å². The summed E-state index contributed by atoms with van der Waals surface area (Å²) < 4.78 is 10.0. The lowest BCUT2D eigenvalue weighted by Gasteiger charge is -2.28. The van der Waals surface area contributed by atoms with Crippen LogP contribution in [0, 0.1) is 0 Å². The zero-order valence-electron chi connectivity index (χ0n) is 9.68. The minimum absolute atomic E-state index is 0.361. The molecule has 0 saturated carbocycles. The molecule has 0 aliphatic carbocycles. The maximum atomic E-state index is 11.8. The van der Waals surface area contributed by atoms with Gasteiger partial charge in [-0.3, -0.25) is 0 Å². The summed E-state index contributed by atoms with van der Waals surface area (Å²) in [6.07, 6.45) is -1.60. The van der Waals surface area contributed by atoms with Gasteiger partial charge in [-0.15, -0.1) is 0 Å². The van der Waals surface area contributed by atoms with Gasteiger partial charge >= 0.3 is 12.1 Å². The number of fused-ring (bicyclic) bond motifs is 1. The average molecular weight is 270 g/mol. The van der Waals surface area contributed by atoms with Crippen LogP contribution in [0.4, 0.5) is 4.79 Å². The van der Waals surface area contributed by atoms with Crippen LogP contribution in [-0.4, -0.2) is 24.3 Å². The second-order valence-corrected chi connectivity index (χ2v) is 4.47. The molecule has 1 aliphatic heterocycles. The lowest BCUT2D eigenvalue weighted by molar-refractivity contribution is -0.0216. The summed E-state index contributed by atoms with van der Waals surface area (Å²) in [5, 5.41) is 0.361. The van der Waals surface area contributed by atoms with E-state index < -0.39 is 24.3 Å². The number of hydrogen-bond acceptors (Lipinski definition) is 4. The number of primary amides is 1. The van der Waals surface area contributed by atoms with Crippen LogP contribution in [0.3, 0.4) is 0 Å². The van der Waals surface area contributed by atoms with E-state index in [4.69, 9.17) is 26.8 Å². The molecule has 2 rings (SSSR count). The minimum atomic E-state index is -0.893. The number of hydrogen-bond donors (Lipinski definition) is 1. The quantitative estimate of drug-likeness (QED) is 0.832. The highest BCUT2D eigenvalue weighted by Crippen LogP contribution is 2.28. The van der Waals surface area contributed by atoms with Crippen LogP contribution in [0.25, 0.3) is 0 Å². The molecule has 2 unspecified atom stereocenters.